The normalized spacial score (nSPS) is 10.6. The number of rotatable bonds is 2. The van der Waals surface area contributed by atoms with Gasteiger partial charge in [0.25, 0.3) is 0 Å². The summed E-state index contributed by atoms with van der Waals surface area (Å²) in [6, 6.07) is 11.5. The zero-order valence-electron chi connectivity index (χ0n) is 11.0. The number of nitriles is 1. The zero-order valence-corrected chi connectivity index (χ0v) is 11.0. The van der Waals surface area contributed by atoms with Crippen molar-refractivity contribution in [3.8, 4) is 6.07 Å². The molecule has 5 heteroatoms. The van der Waals surface area contributed by atoms with Crippen LogP contribution < -0.4 is 5.73 Å². The number of nitrogens with zero attached hydrogens (tertiary/aromatic N) is 4. The molecule has 2 heterocycles. The van der Waals surface area contributed by atoms with E-state index in [1.807, 2.05) is 35.8 Å². The summed E-state index contributed by atoms with van der Waals surface area (Å²) in [6.07, 6.45) is 1.76. The Morgan fingerprint density at radius 2 is 2.15 bits per heavy atom. The lowest BCUT2D eigenvalue weighted by molar-refractivity contribution is 0.802. The maximum atomic E-state index is 9.12. The van der Waals surface area contributed by atoms with Crippen molar-refractivity contribution in [2.75, 3.05) is 5.73 Å². The zero-order chi connectivity index (χ0) is 14.1. The first-order chi connectivity index (χ1) is 9.70. The largest absolute Gasteiger partial charge is 0.369 e. The van der Waals surface area contributed by atoms with Crippen molar-refractivity contribution in [1.82, 2.24) is 14.5 Å². The third-order valence-electron chi connectivity index (χ3n) is 3.35. The van der Waals surface area contributed by atoms with Gasteiger partial charge in [-0.1, -0.05) is 12.1 Å². The van der Waals surface area contributed by atoms with E-state index >= 15 is 0 Å². The quantitative estimate of drug-likeness (QED) is 0.768. The molecule has 0 atom stereocenters. The van der Waals surface area contributed by atoms with Gasteiger partial charge in [0.15, 0.2) is 0 Å². The average Bonchev–Trinajstić information content (AvgIpc) is 2.77. The van der Waals surface area contributed by atoms with Gasteiger partial charge < -0.3 is 10.3 Å². The summed E-state index contributed by atoms with van der Waals surface area (Å²) in [4.78, 5) is 8.67. The molecule has 98 valence electrons. The molecule has 0 saturated carbocycles. The van der Waals surface area contributed by atoms with Crippen LogP contribution in [0, 0.1) is 18.3 Å². The molecule has 2 N–H and O–H groups in total. The number of imidazole rings is 1. The Morgan fingerprint density at radius 3 is 2.90 bits per heavy atom. The molecular formula is C15H13N5. The van der Waals surface area contributed by atoms with E-state index < -0.39 is 0 Å². The number of fused-ring (bicyclic) bond motifs is 1. The summed E-state index contributed by atoms with van der Waals surface area (Å²) in [5.74, 6) is 0.396. The van der Waals surface area contributed by atoms with Crippen molar-refractivity contribution >= 4 is 17.0 Å². The summed E-state index contributed by atoms with van der Waals surface area (Å²) in [5.41, 5.74) is 10.1. The van der Waals surface area contributed by atoms with Crippen molar-refractivity contribution < 1.29 is 0 Å². The van der Waals surface area contributed by atoms with E-state index in [0.29, 0.717) is 23.6 Å². The first-order valence-corrected chi connectivity index (χ1v) is 6.26. The Bertz CT molecular complexity index is 826. The van der Waals surface area contributed by atoms with Crippen LogP contribution in [0.2, 0.25) is 0 Å². The molecule has 0 spiro atoms. The van der Waals surface area contributed by atoms with Gasteiger partial charge in [-0.05, 0) is 30.7 Å². The first-order valence-electron chi connectivity index (χ1n) is 6.26. The molecule has 5 nitrogen and oxygen atoms in total. The second-order valence-corrected chi connectivity index (χ2v) is 4.61. The van der Waals surface area contributed by atoms with Gasteiger partial charge >= 0.3 is 0 Å². The Morgan fingerprint density at radius 1 is 1.30 bits per heavy atom. The second-order valence-electron chi connectivity index (χ2n) is 4.61. The van der Waals surface area contributed by atoms with Crippen LogP contribution in [0.3, 0.4) is 0 Å². The lowest BCUT2D eigenvalue weighted by Crippen LogP contribution is -2.07. The minimum Gasteiger partial charge on any atom is -0.369 e. The number of anilines is 1. The van der Waals surface area contributed by atoms with Gasteiger partial charge in [-0.15, -0.1) is 0 Å². The summed E-state index contributed by atoms with van der Waals surface area (Å²) in [7, 11) is 0. The Labute approximate surface area is 116 Å². The van der Waals surface area contributed by atoms with E-state index in [1.54, 1.807) is 12.3 Å². The van der Waals surface area contributed by atoms with Crippen LogP contribution in [0.25, 0.3) is 11.0 Å². The van der Waals surface area contributed by atoms with Crippen molar-refractivity contribution in [3.63, 3.8) is 0 Å². The third kappa shape index (κ3) is 1.88. The van der Waals surface area contributed by atoms with Gasteiger partial charge in [-0.2, -0.15) is 5.26 Å². The van der Waals surface area contributed by atoms with Gasteiger partial charge in [0.2, 0.25) is 5.95 Å². The number of aromatic nitrogens is 3. The van der Waals surface area contributed by atoms with Gasteiger partial charge in [-0.25, -0.2) is 4.98 Å². The van der Waals surface area contributed by atoms with E-state index in [1.165, 1.54) is 0 Å². The van der Waals surface area contributed by atoms with Gasteiger partial charge in [0.05, 0.1) is 23.3 Å². The smallest absolute Gasteiger partial charge is 0.201 e. The molecule has 0 radical (unpaired) electrons. The highest BCUT2D eigenvalue weighted by molar-refractivity contribution is 5.84. The number of nitrogens with two attached hydrogens (primary N) is 1. The Kier molecular flexibility index (Phi) is 2.84. The fraction of sp³-hybridized carbons (Fsp3) is 0.133. The highest BCUT2D eigenvalue weighted by atomic mass is 15.2. The second kappa shape index (κ2) is 4.67. The molecule has 0 saturated heterocycles. The van der Waals surface area contributed by atoms with Crippen molar-refractivity contribution in [2.45, 2.75) is 13.5 Å². The molecule has 0 bridgehead atoms. The minimum atomic E-state index is 0.396. The molecule has 0 fully saturated rings. The monoisotopic (exact) mass is 263 g/mol. The maximum Gasteiger partial charge on any atom is 0.201 e. The fourth-order valence-electron chi connectivity index (χ4n) is 2.26. The van der Waals surface area contributed by atoms with E-state index in [0.717, 1.165) is 16.8 Å². The van der Waals surface area contributed by atoms with Crippen LogP contribution in [0.4, 0.5) is 5.95 Å². The maximum absolute atomic E-state index is 9.12. The van der Waals surface area contributed by atoms with Crippen LogP contribution >= 0.6 is 0 Å². The molecular weight excluding hydrogens is 250 g/mol. The number of benzene rings is 1. The topological polar surface area (TPSA) is 80.5 Å². The summed E-state index contributed by atoms with van der Waals surface area (Å²) >= 11 is 0. The summed E-state index contributed by atoms with van der Waals surface area (Å²) in [5, 5.41) is 9.12. The highest BCUT2D eigenvalue weighted by Crippen LogP contribution is 2.22. The minimum absolute atomic E-state index is 0.396. The lowest BCUT2D eigenvalue weighted by Gasteiger charge is -2.08. The SMILES string of the molecule is Cc1cccnc1Cn1c(N)nc2c(C#N)cccc21. The molecule has 0 amide bonds. The molecule has 20 heavy (non-hydrogen) atoms. The van der Waals surface area contributed by atoms with Crippen molar-refractivity contribution in [1.29, 1.82) is 5.26 Å². The summed E-state index contributed by atoms with van der Waals surface area (Å²) in [6.45, 7) is 2.56. The van der Waals surface area contributed by atoms with Crippen molar-refractivity contribution in [2.24, 2.45) is 0 Å². The first kappa shape index (κ1) is 12.2. The van der Waals surface area contributed by atoms with Crippen molar-refractivity contribution in [3.05, 3.63) is 53.3 Å². The van der Waals surface area contributed by atoms with E-state index in [2.05, 4.69) is 16.0 Å². The summed E-state index contributed by atoms with van der Waals surface area (Å²) < 4.78 is 1.88. The average molecular weight is 263 g/mol. The van der Waals surface area contributed by atoms with Gasteiger partial charge in [0, 0.05) is 6.20 Å². The molecule has 0 unspecified atom stereocenters. The number of hydrogen-bond donors (Lipinski definition) is 1. The predicted octanol–water partition coefficient (Wildman–Crippen LogP) is 2.24. The molecule has 3 aromatic rings. The number of pyridine rings is 1. The number of hydrogen-bond acceptors (Lipinski definition) is 4. The molecule has 0 aliphatic heterocycles. The van der Waals surface area contributed by atoms with Crippen LogP contribution in [0.5, 0.6) is 0 Å². The molecule has 1 aromatic carbocycles. The third-order valence-corrected chi connectivity index (χ3v) is 3.35. The van der Waals surface area contributed by atoms with E-state index in [9.17, 15) is 0 Å². The number of para-hydroxylation sites is 1. The predicted molar refractivity (Wildman–Crippen MR) is 76.9 cm³/mol. The lowest BCUT2D eigenvalue weighted by atomic mass is 10.2. The Balaban J connectivity index is 2.16. The standard InChI is InChI=1S/C15H13N5/c1-10-4-3-7-18-12(10)9-20-13-6-2-5-11(8-16)14(13)19-15(20)17/h2-7H,9H2,1H3,(H2,17,19). The van der Waals surface area contributed by atoms with E-state index in [-0.39, 0.29) is 0 Å². The van der Waals surface area contributed by atoms with E-state index in [4.69, 9.17) is 11.0 Å². The molecule has 0 aliphatic rings. The van der Waals surface area contributed by atoms with Crippen LogP contribution in [-0.2, 0) is 6.54 Å². The molecule has 0 aliphatic carbocycles. The molecule has 3 rings (SSSR count). The number of aryl methyl sites for hydroxylation is 1. The highest BCUT2D eigenvalue weighted by Gasteiger charge is 2.12. The molecule has 2 aromatic heterocycles. The number of nitrogen functional groups attached to an aromatic ring is 1. The van der Waals surface area contributed by atoms with Gasteiger partial charge in [0.1, 0.15) is 11.6 Å². The van der Waals surface area contributed by atoms with Crippen LogP contribution in [0.1, 0.15) is 16.8 Å². The Hall–Kier alpha value is -2.87. The van der Waals surface area contributed by atoms with Crippen LogP contribution in [0.15, 0.2) is 36.5 Å². The fourth-order valence-corrected chi connectivity index (χ4v) is 2.26. The van der Waals surface area contributed by atoms with Crippen LogP contribution in [-0.4, -0.2) is 14.5 Å². The van der Waals surface area contributed by atoms with Gasteiger partial charge in [-0.3, -0.25) is 4.98 Å².